The Balaban J connectivity index is 2.04. The summed E-state index contributed by atoms with van der Waals surface area (Å²) in [6.45, 7) is 0. The van der Waals surface area contributed by atoms with Crippen molar-refractivity contribution >= 4 is 16.9 Å². The van der Waals surface area contributed by atoms with Crippen molar-refractivity contribution in [1.82, 2.24) is 14.5 Å². The number of nitriles is 1. The van der Waals surface area contributed by atoms with Gasteiger partial charge in [-0.25, -0.2) is 4.98 Å². The molecule has 0 aliphatic carbocycles. The average Bonchev–Trinajstić information content (AvgIpc) is 3.07. The third-order valence-corrected chi connectivity index (χ3v) is 4.02. The predicted octanol–water partition coefficient (Wildman–Crippen LogP) is 2.83. The van der Waals surface area contributed by atoms with Gasteiger partial charge in [0.1, 0.15) is 23.3 Å². The van der Waals surface area contributed by atoms with Gasteiger partial charge in [-0.15, -0.1) is 0 Å². The number of H-pyrrole nitrogens is 1. The lowest BCUT2D eigenvalue weighted by molar-refractivity contribution is 0.995. The van der Waals surface area contributed by atoms with Crippen LogP contribution in [0.3, 0.4) is 0 Å². The van der Waals surface area contributed by atoms with Gasteiger partial charge in [-0.05, 0) is 30.3 Å². The van der Waals surface area contributed by atoms with Gasteiger partial charge in [0.15, 0.2) is 0 Å². The van der Waals surface area contributed by atoms with E-state index in [4.69, 9.17) is 5.73 Å². The van der Waals surface area contributed by atoms with Crippen LogP contribution in [-0.2, 0) is 0 Å². The number of hydrogen-bond acceptors (Lipinski definition) is 4. The Kier molecular flexibility index (Phi) is 3.33. The van der Waals surface area contributed by atoms with Crippen molar-refractivity contribution in [1.29, 1.82) is 5.26 Å². The maximum atomic E-state index is 12.6. The summed E-state index contributed by atoms with van der Waals surface area (Å²) in [4.78, 5) is 20.3. The van der Waals surface area contributed by atoms with Crippen LogP contribution in [0, 0.1) is 11.3 Å². The smallest absolute Gasteiger partial charge is 0.274 e. The van der Waals surface area contributed by atoms with Crippen molar-refractivity contribution in [3.8, 4) is 23.1 Å². The molecule has 0 radical (unpaired) electrons. The highest BCUT2D eigenvalue weighted by Crippen LogP contribution is 2.27. The van der Waals surface area contributed by atoms with Crippen molar-refractivity contribution in [2.45, 2.75) is 0 Å². The van der Waals surface area contributed by atoms with E-state index in [-0.39, 0.29) is 11.4 Å². The van der Waals surface area contributed by atoms with E-state index in [1.54, 1.807) is 24.3 Å². The van der Waals surface area contributed by atoms with E-state index < -0.39 is 5.56 Å². The molecular weight excluding hydrogens is 314 g/mol. The van der Waals surface area contributed by atoms with Gasteiger partial charge in [0, 0.05) is 0 Å². The lowest BCUT2D eigenvalue weighted by Crippen LogP contribution is -2.24. The molecule has 0 fully saturated rings. The largest absolute Gasteiger partial charge is 0.384 e. The Bertz CT molecular complexity index is 1150. The van der Waals surface area contributed by atoms with Gasteiger partial charge in [0.2, 0.25) is 0 Å². The molecule has 0 saturated heterocycles. The molecule has 6 nitrogen and oxygen atoms in total. The second-order valence-corrected chi connectivity index (χ2v) is 5.55. The van der Waals surface area contributed by atoms with Gasteiger partial charge in [-0.2, -0.15) is 5.26 Å². The molecule has 0 aliphatic heterocycles. The van der Waals surface area contributed by atoms with Crippen LogP contribution < -0.4 is 11.3 Å². The van der Waals surface area contributed by atoms with Gasteiger partial charge < -0.3 is 10.7 Å². The monoisotopic (exact) mass is 327 g/mol. The molecule has 2 heterocycles. The normalized spacial score (nSPS) is 10.7. The minimum absolute atomic E-state index is 0.00788. The summed E-state index contributed by atoms with van der Waals surface area (Å²) in [5.74, 6) is 0.745. The number of nitrogen functional groups attached to an aromatic ring is 1. The minimum Gasteiger partial charge on any atom is -0.384 e. The summed E-state index contributed by atoms with van der Waals surface area (Å²) in [6, 6.07) is 20.0. The standard InChI is InChI=1S/C19H13N5O/c20-11-12-10-14(18-22-15-8-4-5-9-16(15)23-18)17(21)24(19(12)25)13-6-2-1-3-7-13/h1-10H,21H2,(H,22,23). The van der Waals surface area contributed by atoms with Crippen molar-refractivity contribution < 1.29 is 0 Å². The number of imidazole rings is 1. The van der Waals surface area contributed by atoms with E-state index in [0.29, 0.717) is 17.1 Å². The Hall–Kier alpha value is -3.85. The van der Waals surface area contributed by atoms with Crippen molar-refractivity contribution in [2.75, 3.05) is 5.73 Å². The van der Waals surface area contributed by atoms with E-state index in [1.165, 1.54) is 10.6 Å². The van der Waals surface area contributed by atoms with Gasteiger partial charge in [-0.3, -0.25) is 9.36 Å². The van der Waals surface area contributed by atoms with E-state index in [2.05, 4.69) is 9.97 Å². The number of pyridine rings is 1. The lowest BCUT2D eigenvalue weighted by atomic mass is 10.1. The number of hydrogen-bond donors (Lipinski definition) is 2. The van der Waals surface area contributed by atoms with Crippen LogP contribution in [0.15, 0.2) is 65.5 Å². The van der Waals surface area contributed by atoms with Crippen LogP contribution in [0.25, 0.3) is 28.1 Å². The fourth-order valence-electron chi connectivity index (χ4n) is 2.81. The lowest BCUT2D eigenvalue weighted by Gasteiger charge is -2.13. The molecule has 0 spiro atoms. The highest BCUT2D eigenvalue weighted by Gasteiger charge is 2.17. The number of anilines is 1. The summed E-state index contributed by atoms with van der Waals surface area (Å²) in [6.07, 6.45) is 0. The Morgan fingerprint density at radius 3 is 2.52 bits per heavy atom. The van der Waals surface area contributed by atoms with Crippen LogP contribution in [-0.4, -0.2) is 14.5 Å². The molecule has 2 aromatic carbocycles. The molecule has 25 heavy (non-hydrogen) atoms. The molecule has 0 atom stereocenters. The highest BCUT2D eigenvalue weighted by molar-refractivity contribution is 5.82. The maximum Gasteiger partial charge on any atom is 0.274 e. The SMILES string of the molecule is N#Cc1cc(-c2nc3ccccc3[nH]2)c(N)n(-c2ccccc2)c1=O. The van der Waals surface area contributed by atoms with E-state index in [9.17, 15) is 10.1 Å². The zero-order valence-electron chi connectivity index (χ0n) is 13.1. The molecule has 120 valence electrons. The highest BCUT2D eigenvalue weighted by atomic mass is 16.1. The second kappa shape index (κ2) is 5.65. The number of nitrogens with zero attached hydrogens (tertiary/aromatic N) is 3. The Morgan fingerprint density at radius 1 is 1.08 bits per heavy atom. The molecule has 3 N–H and O–H groups in total. The fourth-order valence-corrected chi connectivity index (χ4v) is 2.81. The van der Waals surface area contributed by atoms with Gasteiger partial charge in [-0.1, -0.05) is 30.3 Å². The molecule has 0 bridgehead atoms. The topological polar surface area (TPSA) is 100 Å². The summed E-state index contributed by atoms with van der Waals surface area (Å²) < 4.78 is 1.33. The van der Waals surface area contributed by atoms with Crippen LogP contribution >= 0.6 is 0 Å². The molecule has 6 heteroatoms. The van der Waals surface area contributed by atoms with Gasteiger partial charge in [0.25, 0.3) is 5.56 Å². The van der Waals surface area contributed by atoms with Crippen LogP contribution in [0.5, 0.6) is 0 Å². The summed E-state index contributed by atoms with van der Waals surface area (Å²) in [5, 5.41) is 9.36. The number of para-hydroxylation sites is 3. The minimum atomic E-state index is -0.453. The number of nitrogens with one attached hydrogen (secondary N) is 1. The van der Waals surface area contributed by atoms with Crippen molar-refractivity contribution in [2.24, 2.45) is 0 Å². The van der Waals surface area contributed by atoms with Gasteiger partial charge in [0.05, 0.1) is 22.3 Å². The van der Waals surface area contributed by atoms with E-state index in [0.717, 1.165) is 11.0 Å². The average molecular weight is 327 g/mol. The zero-order chi connectivity index (χ0) is 17.4. The van der Waals surface area contributed by atoms with E-state index >= 15 is 0 Å². The molecule has 4 aromatic rings. The first-order chi connectivity index (χ1) is 12.2. The molecule has 0 unspecified atom stereocenters. The number of nitrogens with two attached hydrogens (primary N) is 1. The van der Waals surface area contributed by atoms with Crippen LogP contribution in [0.4, 0.5) is 5.82 Å². The zero-order valence-corrected chi connectivity index (χ0v) is 13.1. The number of aromatic nitrogens is 3. The quantitative estimate of drug-likeness (QED) is 0.591. The predicted molar refractivity (Wildman–Crippen MR) is 96.3 cm³/mol. The number of rotatable bonds is 2. The maximum absolute atomic E-state index is 12.6. The van der Waals surface area contributed by atoms with Crippen molar-refractivity contribution in [3.05, 3.63) is 76.6 Å². The summed E-state index contributed by atoms with van der Waals surface area (Å²) >= 11 is 0. The Morgan fingerprint density at radius 2 is 1.80 bits per heavy atom. The summed E-state index contributed by atoms with van der Waals surface area (Å²) in [5.41, 5.74) is 8.59. The third kappa shape index (κ3) is 2.35. The Labute approximate surface area is 142 Å². The van der Waals surface area contributed by atoms with Crippen molar-refractivity contribution in [3.63, 3.8) is 0 Å². The molecule has 2 aromatic heterocycles. The van der Waals surface area contributed by atoms with Crippen LogP contribution in [0.2, 0.25) is 0 Å². The first-order valence-corrected chi connectivity index (χ1v) is 7.65. The molecule has 0 amide bonds. The number of fused-ring (bicyclic) bond motifs is 1. The second-order valence-electron chi connectivity index (χ2n) is 5.55. The molecule has 0 saturated carbocycles. The number of aromatic amines is 1. The number of benzene rings is 2. The molecule has 0 aliphatic rings. The van der Waals surface area contributed by atoms with Gasteiger partial charge >= 0.3 is 0 Å². The first-order valence-electron chi connectivity index (χ1n) is 7.65. The van der Waals surface area contributed by atoms with E-state index in [1.807, 2.05) is 36.4 Å². The first kappa shape index (κ1) is 14.7. The van der Waals surface area contributed by atoms with Crippen LogP contribution in [0.1, 0.15) is 5.56 Å². The fraction of sp³-hybridized carbons (Fsp3) is 0. The molecular formula is C19H13N5O. The summed E-state index contributed by atoms with van der Waals surface area (Å²) in [7, 11) is 0. The third-order valence-electron chi connectivity index (χ3n) is 4.02. The molecule has 4 rings (SSSR count).